The van der Waals surface area contributed by atoms with Crippen LogP contribution in [0.1, 0.15) is 33.4 Å². The lowest BCUT2D eigenvalue weighted by Gasteiger charge is -2.28. The van der Waals surface area contributed by atoms with Gasteiger partial charge in [0.05, 0.1) is 18.5 Å². The minimum absolute atomic E-state index is 0.00501. The minimum Gasteiger partial charge on any atom is -0.482 e. The molecule has 0 unspecified atom stereocenters. The van der Waals surface area contributed by atoms with Gasteiger partial charge in [0.25, 0.3) is 5.91 Å². The quantitative estimate of drug-likeness (QED) is 0.828. The number of pyridine rings is 1. The van der Waals surface area contributed by atoms with Gasteiger partial charge in [0.1, 0.15) is 5.75 Å². The minimum atomic E-state index is -0.102. The van der Waals surface area contributed by atoms with Crippen LogP contribution in [0.25, 0.3) is 0 Å². The Morgan fingerprint density at radius 3 is 2.50 bits per heavy atom. The molecule has 1 N–H and O–H groups in total. The van der Waals surface area contributed by atoms with Gasteiger partial charge in [-0.15, -0.1) is 0 Å². The molecule has 0 bridgehead atoms. The molecule has 1 rings (SSSR count). The number of carbonyl (C=O) groups excluding carboxylic acids is 1. The zero-order valence-corrected chi connectivity index (χ0v) is 12.7. The Morgan fingerprint density at radius 1 is 1.35 bits per heavy atom. The summed E-state index contributed by atoms with van der Waals surface area (Å²) in [4.78, 5) is 18.0. The van der Waals surface area contributed by atoms with Gasteiger partial charge in [0.2, 0.25) is 0 Å². The van der Waals surface area contributed by atoms with E-state index in [4.69, 9.17) is 9.84 Å². The van der Waals surface area contributed by atoms with Crippen molar-refractivity contribution < 1.29 is 14.6 Å². The third kappa shape index (κ3) is 5.17. The second-order valence-corrected chi connectivity index (χ2v) is 5.47. The van der Waals surface area contributed by atoms with Gasteiger partial charge >= 0.3 is 0 Å². The van der Waals surface area contributed by atoms with E-state index in [1.165, 1.54) is 6.20 Å². The summed E-state index contributed by atoms with van der Waals surface area (Å²) in [5.41, 5.74) is 0.576. The van der Waals surface area contributed by atoms with Crippen LogP contribution in [0, 0.1) is 5.92 Å². The number of nitrogens with zero attached hydrogens (tertiary/aromatic N) is 2. The van der Waals surface area contributed by atoms with E-state index < -0.39 is 0 Å². The molecule has 1 aromatic heterocycles. The molecule has 1 heterocycles. The number of aliphatic hydroxyl groups is 1. The lowest BCUT2D eigenvalue weighted by molar-refractivity contribution is -0.135. The Bertz CT molecular complexity index is 416. The van der Waals surface area contributed by atoms with Crippen LogP contribution in [-0.4, -0.2) is 40.1 Å². The first-order chi connectivity index (χ1) is 9.43. The number of hydrogen-bond acceptors (Lipinski definition) is 4. The van der Waals surface area contributed by atoms with Crippen molar-refractivity contribution >= 4 is 5.91 Å². The van der Waals surface area contributed by atoms with Crippen LogP contribution in [0.4, 0.5) is 0 Å². The Labute approximate surface area is 120 Å². The molecule has 1 aromatic rings. The fraction of sp³-hybridized carbons (Fsp3) is 0.600. The van der Waals surface area contributed by atoms with E-state index in [-0.39, 0.29) is 25.2 Å². The Morgan fingerprint density at radius 2 is 2.05 bits per heavy atom. The third-order valence-electron chi connectivity index (χ3n) is 2.83. The summed E-state index contributed by atoms with van der Waals surface area (Å²) in [7, 11) is 0. The molecule has 112 valence electrons. The second kappa shape index (κ2) is 7.85. The van der Waals surface area contributed by atoms with Crippen LogP contribution in [0.2, 0.25) is 0 Å². The predicted molar refractivity (Wildman–Crippen MR) is 77.3 cm³/mol. The molecule has 0 aromatic carbocycles. The van der Waals surface area contributed by atoms with E-state index in [0.29, 0.717) is 17.4 Å². The number of aliphatic hydroxyl groups excluding tert-OH is 1. The molecule has 20 heavy (non-hydrogen) atoms. The van der Waals surface area contributed by atoms with Gasteiger partial charge in [0.15, 0.2) is 6.61 Å². The largest absolute Gasteiger partial charge is 0.482 e. The molecule has 0 spiro atoms. The number of rotatable bonds is 7. The van der Waals surface area contributed by atoms with Crippen molar-refractivity contribution in [3.05, 3.63) is 24.0 Å². The number of carbonyl (C=O) groups is 1. The maximum absolute atomic E-state index is 12.2. The van der Waals surface area contributed by atoms with Gasteiger partial charge < -0.3 is 14.7 Å². The molecule has 0 radical (unpaired) electrons. The third-order valence-corrected chi connectivity index (χ3v) is 2.83. The summed E-state index contributed by atoms with van der Waals surface area (Å²) >= 11 is 0. The van der Waals surface area contributed by atoms with Crippen molar-refractivity contribution in [1.29, 1.82) is 0 Å². The summed E-state index contributed by atoms with van der Waals surface area (Å²) < 4.78 is 5.44. The van der Waals surface area contributed by atoms with E-state index >= 15 is 0 Å². The lowest BCUT2D eigenvalue weighted by Crippen LogP contribution is -2.42. The summed E-state index contributed by atoms with van der Waals surface area (Å²) in [6, 6.07) is 3.53. The number of amides is 1. The maximum Gasteiger partial charge on any atom is 0.260 e. The molecular weight excluding hydrogens is 256 g/mol. The smallest absolute Gasteiger partial charge is 0.260 e. The summed E-state index contributed by atoms with van der Waals surface area (Å²) in [5, 5.41) is 8.90. The van der Waals surface area contributed by atoms with E-state index in [1.54, 1.807) is 12.1 Å². The highest BCUT2D eigenvalue weighted by molar-refractivity contribution is 5.78. The van der Waals surface area contributed by atoms with Crippen LogP contribution >= 0.6 is 0 Å². The zero-order valence-electron chi connectivity index (χ0n) is 12.7. The maximum atomic E-state index is 12.2. The van der Waals surface area contributed by atoms with Gasteiger partial charge in [0, 0.05) is 12.6 Å². The first-order valence-corrected chi connectivity index (χ1v) is 6.92. The molecule has 0 aliphatic heterocycles. The highest BCUT2D eigenvalue weighted by Crippen LogP contribution is 2.10. The molecule has 0 saturated heterocycles. The van der Waals surface area contributed by atoms with Gasteiger partial charge in [-0.25, -0.2) is 0 Å². The topological polar surface area (TPSA) is 62.7 Å². The van der Waals surface area contributed by atoms with E-state index in [0.717, 1.165) is 6.54 Å². The van der Waals surface area contributed by atoms with E-state index in [2.05, 4.69) is 18.8 Å². The number of ether oxygens (including phenoxy) is 1. The first-order valence-electron chi connectivity index (χ1n) is 6.92. The molecule has 5 nitrogen and oxygen atoms in total. The van der Waals surface area contributed by atoms with Gasteiger partial charge in [-0.3, -0.25) is 9.78 Å². The fourth-order valence-corrected chi connectivity index (χ4v) is 1.81. The van der Waals surface area contributed by atoms with E-state index in [1.807, 2.05) is 18.7 Å². The molecule has 0 atom stereocenters. The lowest BCUT2D eigenvalue weighted by atomic mass is 10.2. The van der Waals surface area contributed by atoms with Crippen molar-refractivity contribution in [1.82, 2.24) is 9.88 Å². The van der Waals surface area contributed by atoms with E-state index in [9.17, 15) is 4.79 Å². The van der Waals surface area contributed by atoms with Crippen molar-refractivity contribution in [2.24, 2.45) is 5.92 Å². The van der Waals surface area contributed by atoms with Crippen molar-refractivity contribution in [3.8, 4) is 5.75 Å². The van der Waals surface area contributed by atoms with Gasteiger partial charge in [-0.2, -0.15) is 0 Å². The predicted octanol–water partition coefficient (Wildman–Crippen LogP) is 1.85. The molecular formula is C15H24N2O3. The van der Waals surface area contributed by atoms with Crippen LogP contribution in [0.3, 0.4) is 0 Å². The molecule has 1 amide bonds. The summed E-state index contributed by atoms with van der Waals surface area (Å²) in [5.74, 6) is 0.926. The normalized spacial score (nSPS) is 10.9. The van der Waals surface area contributed by atoms with Crippen LogP contribution in [0.5, 0.6) is 5.75 Å². The molecule has 0 saturated carbocycles. The van der Waals surface area contributed by atoms with Crippen molar-refractivity contribution in [2.45, 2.75) is 40.3 Å². The summed E-state index contributed by atoms with van der Waals surface area (Å²) in [6.07, 6.45) is 1.51. The number of hydrogen-bond donors (Lipinski definition) is 1. The number of aromatic nitrogens is 1. The SMILES string of the molecule is CC(C)CN(C(=O)COc1ccc(CO)nc1)C(C)C. The van der Waals surface area contributed by atoms with Crippen LogP contribution < -0.4 is 4.74 Å². The zero-order chi connectivity index (χ0) is 15.1. The van der Waals surface area contributed by atoms with Crippen molar-refractivity contribution in [2.75, 3.05) is 13.2 Å². The highest BCUT2D eigenvalue weighted by Gasteiger charge is 2.18. The molecule has 0 aliphatic carbocycles. The fourth-order valence-electron chi connectivity index (χ4n) is 1.81. The van der Waals surface area contributed by atoms with Crippen LogP contribution in [0.15, 0.2) is 18.3 Å². The average molecular weight is 280 g/mol. The van der Waals surface area contributed by atoms with Gasteiger partial charge in [-0.1, -0.05) is 13.8 Å². The molecule has 0 fully saturated rings. The molecule has 0 aliphatic rings. The Balaban J connectivity index is 2.55. The summed E-state index contributed by atoms with van der Waals surface area (Å²) in [6.45, 7) is 8.79. The highest BCUT2D eigenvalue weighted by atomic mass is 16.5. The monoisotopic (exact) mass is 280 g/mol. The first kappa shape index (κ1) is 16.4. The van der Waals surface area contributed by atoms with Crippen LogP contribution in [-0.2, 0) is 11.4 Å². The van der Waals surface area contributed by atoms with Crippen molar-refractivity contribution in [3.63, 3.8) is 0 Å². The Hall–Kier alpha value is -1.62. The molecule has 5 heteroatoms. The second-order valence-electron chi connectivity index (χ2n) is 5.47. The standard InChI is InChI=1S/C15H24N2O3/c1-11(2)8-17(12(3)4)15(19)10-20-14-6-5-13(9-18)16-7-14/h5-7,11-12,18H,8-10H2,1-4H3. The average Bonchev–Trinajstić information content (AvgIpc) is 2.42. The Kier molecular flexibility index (Phi) is 6.45. The van der Waals surface area contributed by atoms with Gasteiger partial charge in [-0.05, 0) is 31.9 Å².